The second-order valence-corrected chi connectivity index (χ2v) is 3.82. The van der Waals surface area contributed by atoms with Gasteiger partial charge in [-0.1, -0.05) is 12.8 Å². The summed E-state index contributed by atoms with van der Waals surface area (Å²) in [5, 5.41) is 3.32. The monoisotopic (exact) mass is 140 g/mol. The zero-order valence-corrected chi connectivity index (χ0v) is 6.40. The molecule has 1 aliphatic heterocycles. The van der Waals surface area contributed by atoms with Gasteiger partial charge in [0.2, 0.25) is 0 Å². The Balaban J connectivity index is 2.03. The van der Waals surface area contributed by atoms with Crippen LogP contribution < -0.4 is 11.1 Å². The molecular weight excluding hydrogens is 124 g/mol. The van der Waals surface area contributed by atoms with Crippen molar-refractivity contribution in [2.45, 2.75) is 31.7 Å². The molecule has 0 aromatic carbocycles. The van der Waals surface area contributed by atoms with Crippen molar-refractivity contribution in [1.29, 1.82) is 0 Å². The van der Waals surface area contributed by atoms with Crippen LogP contribution in [-0.4, -0.2) is 19.1 Å². The summed E-state index contributed by atoms with van der Waals surface area (Å²) in [4.78, 5) is 0. The summed E-state index contributed by atoms with van der Waals surface area (Å²) in [5.74, 6) is 0. The van der Waals surface area contributed by atoms with Gasteiger partial charge in [0.05, 0.1) is 0 Å². The van der Waals surface area contributed by atoms with Crippen LogP contribution in [0.3, 0.4) is 0 Å². The fraction of sp³-hybridized carbons (Fsp3) is 1.00. The van der Waals surface area contributed by atoms with Crippen molar-refractivity contribution >= 4 is 0 Å². The molecule has 3 N–H and O–H groups in total. The van der Waals surface area contributed by atoms with Gasteiger partial charge >= 0.3 is 0 Å². The van der Waals surface area contributed by atoms with E-state index in [9.17, 15) is 0 Å². The molecule has 1 atom stereocenters. The first-order valence-electron chi connectivity index (χ1n) is 4.30. The minimum absolute atomic E-state index is 0.488. The molecular formula is C8H16N2. The molecule has 58 valence electrons. The van der Waals surface area contributed by atoms with E-state index < -0.39 is 0 Å². The highest BCUT2D eigenvalue weighted by atomic mass is 15.0. The molecule has 1 unspecified atom stereocenters. The third kappa shape index (κ3) is 0.789. The minimum Gasteiger partial charge on any atom is -0.327 e. The van der Waals surface area contributed by atoms with Gasteiger partial charge in [0, 0.05) is 24.5 Å². The second-order valence-electron chi connectivity index (χ2n) is 3.82. The summed E-state index contributed by atoms with van der Waals surface area (Å²) in [6, 6.07) is 0.488. The standard InChI is InChI=1S/C8H16N2/c9-7-3-1-2-4-8(7)5-10-6-8/h7,10H,1-6,9H2. The van der Waals surface area contributed by atoms with Gasteiger partial charge in [0.25, 0.3) is 0 Å². The first kappa shape index (κ1) is 6.62. The van der Waals surface area contributed by atoms with Crippen LogP contribution in [0.2, 0.25) is 0 Å². The Labute approximate surface area is 62.2 Å². The average molecular weight is 140 g/mol. The SMILES string of the molecule is NC1CCCCC12CNC2. The highest BCUT2D eigenvalue weighted by molar-refractivity contribution is 5.01. The smallest absolute Gasteiger partial charge is 0.0120 e. The Morgan fingerprint density at radius 2 is 2.10 bits per heavy atom. The molecule has 1 saturated carbocycles. The third-order valence-electron chi connectivity index (χ3n) is 3.18. The number of rotatable bonds is 0. The lowest BCUT2D eigenvalue weighted by molar-refractivity contribution is 0.0797. The lowest BCUT2D eigenvalue weighted by Crippen LogP contribution is -2.63. The van der Waals surface area contributed by atoms with Crippen molar-refractivity contribution in [1.82, 2.24) is 5.32 Å². The Morgan fingerprint density at radius 3 is 2.50 bits per heavy atom. The number of nitrogens with two attached hydrogens (primary N) is 1. The average Bonchev–Trinajstić information content (AvgIpc) is 1.85. The third-order valence-corrected chi connectivity index (χ3v) is 3.18. The molecule has 0 radical (unpaired) electrons. The lowest BCUT2D eigenvalue weighted by atomic mass is 9.67. The largest absolute Gasteiger partial charge is 0.327 e. The van der Waals surface area contributed by atoms with Gasteiger partial charge in [0.1, 0.15) is 0 Å². The van der Waals surface area contributed by atoms with Crippen molar-refractivity contribution in [3.8, 4) is 0 Å². The maximum Gasteiger partial charge on any atom is 0.0120 e. The predicted octanol–water partition coefficient (Wildman–Crippen LogP) is 0.477. The van der Waals surface area contributed by atoms with E-state index in [1.807, 2.05) is 0 Å². The topological polar surface area (TPSA) is 38.0 Å². The van der Waals surface area contributed by atoms with Gasteiger partial charge in [-0.05, 0) is 12.8 Å². The van der Waals surface area contributed by atoms with Crippen molar-refractivity contribution in [2.24, 2.45) is 11.1 Å². The first-order chi connectivity index (χ1) is 4.83. The van der Waals surface area contributed by atoms with E-state index >= 15 is 0 Å². The fourth-order valence-electron chi connectivity index (χ4n) is 2.22. The van der Waals surface area contributed by atoms with Crippen LogP contribution in [0, 0.1) is 5.41 Å². The zero-order chi connectivity index (χ0) is 7.03. The van der Waals surface area contributed by atoms with Crippen LogP contribution in [0.4, 0.5) is 0 Å². The predicted molar refractivity (Wildman–Crippen MR) is 41.7 cm³/mol. The lowest BCUT2D eigenvalue weighted by Gasteiger charge is -2.49. The van der Waals surface area contributed by atoms with E-state index in [-0.39, 0.29) is 0 Å². The molecule has 0 amide bonds. The molecule has 0 aromatic rings. The van der Waals surface area contributed by atoms with E-state index in [0.717, 1.165) is 0 Å². The molecule has 2 aliphatic rings. The number of nitrogens with one attached hydrogen (secondary N) is 1. The minimum atomic E-state index is 0.488. The molecule has 1 aliphatic carbocycles. The molecule has 0 bridgehead atoms. The van der Waals surface area contributed by atoms with Crippen LogP contribution in [0.15, 0.2) is 0 Å². The maximum atomic E-state index is 6.04. The molecule has 2 rings (SSSR count). The van der Waals surface area contributed by atoms with Crippen molar-refractivity contribution in [2.75, 3.05) is 13.1 Å². The quantitative estimate of drug-likeness (QED) is 0.513. The molecule has 2 heteroatoms. The molecule has 1 heterocycles. The zero-order valence-electron chi connectivity index (χ0n) is 6.40. The van der Waals surface area contributed by atoms with Crippen LogP contribution in [-0.2, 0) is 0 Å². The van der Waals surface area contributed by atoms with Crippen LogP contribution in [0.5, 0.6) is 0 Å². The number of hydrogen-bond donors (Lipinski definition) is 2. The molecule has 0 aromatic heterocycles. The van der Waals surface area contributed by atoms with Gasteiger partial charge < -0.3 is 11.1 Å². The molecule has 1 saturated heterocycles. The van der Waals surface area contributed by atoms with Crippen molar-refractivity contribution in [3.63, 3.8) is 0 Å². The molecule has 2 fully saturated rings. The molecule has 10 heavy (non-hydrogen) atoms. The highest BCUT2D eigenvalue weighted by Crippen LogP contribution is 2.38. The normalized spacial score (nSPS) is 37.5. The maximum absolute atomic E-state index is 6.04. The van der Waals surface area contributed by atoms with E-state index in [1.165, 1.54) is 38.8 Å². The van der Waals surface area contributed by atoms with Crippen LogP contribution in [0.25, 0.3) is 0 Å². The summed E-state index contributed by atoms with van der Waals surface area (Å²) < 4.78 is 0. The number of hydrogen-bond acceptors (Lipinski definition) is 2. The van der Waals surface area contributed by atoms with Gasteiger partial charge in [-0.3, -0.25) is 0 Å². The van der Waals surface area contributed by atoms with Gasteiger partial charge in [-0.25, -0.2) is 0 Å². The van der Waals surface area contributed by atoms with Gasteiger partial charge in [-0.15, -0.1) is 0 Å². The van der Waals surface area contributed by atoms with Crippen molar-refractivity contribution < 1.29 is 0 Å². The van der Waals surface area contributed by atoms with E-state index in [4.69, 9.17) is 5.73 Å². The summed E-state index contributed by atoms with van der Waals surface area (Å²) in [6.45, 7) is 2.35. The van der Waals surface area contributed by atoms with Crippen LogP contribution >= 0.6 is 0 Å². The molecule has 2 nitrogen and oxygen atoms in total. The van der Waals surface area contributed by atoms with Crippen LogP contribution in [0.1, 0.15) is 25.7 Å². The summed E-state index contributed by atoms with van der Waals surface area (Å²) in [5.41, 5.74) is 6.56. The van der Waals surface area contributed by atoms with E-state index in [0.29, 0.717) is 11.5 Å². The van der Waals surface area contributed by atoms with Gasteiger partial charge in [0.15, 0.2) is 0 Å². The van der Waals surface area contributed by atoms with E-state index in [1.54, 1.807) is 0 Å². The summed E-state index contributed by atoms with van der Waals surface area (Å²) in [7, 11) is 0. The fourth-order valence-corrected chi connectivity index (χ4v) is 2.22. The molecule has 1 spiro atoms. The Bertz CT molecular complexity index is 129. The first-order valence-corrected chi connectivity index (χ1v) is 4.30. The summed E-state index contributed by atoms with van der Waals surface area (Å²) >= 11 is 0. The Kier molecular flexibility index (Phi) is 1.46. The van der Waals surface area contributed by atoms with Gasteiger partial charge in [-0.2, -0.15) is 0 Å². The Hall–Kier alpha value is -0.0800. The Morgan fingerprint density at radius 1 is 1.30 bits per heavy atom. The highest BCUT2D eigenvalue weighted by Gasteiger charge is 2.43. The van der Waals surface area contributed by atoms with E-state index in [2.05, 4.69) is 5.32 Å². The second kappa shape index (κ2) is 2.21. The van der Waals surface area contributed by atoms with Crippen molar-refractivity contribution in [3.05, 3.63) is 0 Å². The summed E-state index contributed by atoms with van der Waals surface area (Å²) in [6.07, 6.45) is 5.36.